The van der Waals surface area contributed by atoms with Gasteiger partial charge in [0.15, 0.2) is 5.96 Å². The standard InChI is InChI=1S/C18H27N5O.HI/c1-2-19-18(22-10-9-21-17-5-3-4-8-20-17)23-11-13-14(12-23)16-7-6-15(13)24-16;/h3-5,8,13-16H,2,6-7,9-12H2,1H3,(H,19,22)(H,20,21);1H. The Hall–Kier alpha value is -1.09. The van der Waals surface area contributed by atoms with Crippen molar-refractivity contribution in [1.29, 1.82) is 0 Å². The van der Waals surface area contributed by atoms with Gasteiger partial charge in [0.2, 0.25) is 0 Å². The summed E-state index contributed by atoms with van der Waals surface area (Å²) >= 11 is 0. The average Bonchev–Trinajstić information content (AvgIpc) is 3.31. The second-order valence-corrected chi connectivity index (χ2v) is 6.90. The van der Waals surface area contributed by atoms with E-state index in [2.05, 4.69) is 27.4 Å². The summed E-state index contributed by atoms with van der Waals surface area (Å²) in [5.74, 6) is 3.37. The fourth-order valence-corrected chi connectivity index (χ4v) is 4.37. The van der Waals surface area contributed by atoms with Crippen molar-refractivity contribution in [3.63, 3.8) is 0 Å². The Labute approximate surface area is 166 Å². The Morgan fingerprint density at radius 3 is 2.68 bits per heavy atom. The number of nitrogens with one attached hydrogen (secondary N) is 2. The molecule has 4 unspecified atom stereocenters. The number of fused-ring (bicyclic) bond motifs is 5. The van der Waals surface area contributed by atoms with Gasteiger partial charge < -0.3 is 20.3 Å². The maximum atomic E-state index is 6.07. The molecule has 4 atom stereocenters. The zero-order valence-electron chi connectivity index (χ0n) is 14.7. The molecular formula is C18H28IN5O. The predicted octanol–water partition coefficient (Wildman–Crippen LogP) is 2.19. The van der Waals surface area contributed by atoms with E-state index in [1.807, 2.05) is 18.2 Å². The van der Waals surface area contributed by atoms with Crippen LogP contribution in [0.3, 0.4) is 0 Å². The van der Waals surface area contributed by atoms with Crippen LogP contribution in [0.5, 0.6) is 0 Å². The van der Waals surface area contributed by atoms with Gasteiger partial charge in [0.25, 0.3) is 0 Å². The molecule has 2 bridgehead atoms. The molecule has 0 aromatic carbocycles. The Balaban J connectivity index is 0.00000182. The molecule has 25 heavy (non-hydrogen) atoms. The number of hydrogen-bond acceptors (Lipinski definition) is 4. The molecule has 3 fully saturated rings. The lowest BCUT2D eigenvalue weighted by atomic mass is 9.82. The molecule has 4 heterocycles. The van der Waals surface area contributed by atoms with Gasteiger partial charge in [-0.25, -0.2) is 4.98 Å². The van der Waals surface area contributed by atoms with E-state index in [1.165, 1.54) is 12.8 Å². The summed E-state index contributed by atoms with van der Waals surface area (Å²) in [6.07, 6.45) is 5.30. The average molecular weight is 457 g/mol. The van der Waals surface area contributed by atoms with E-state index < -0.39 is 0 Å². The molecule has 0 amide bonds. The Kier molecular flexibility index (Phi) is 6.38. The number of halogens is 1. The van der Waals surface area contributed by atoms with E-state index in [9.17, 15) is 0 Å². The number of pyridine rings is 1. The molecule has 3 aliphatic rings. The molecular weight excluding hydrogens is 429 g/mol. The molecule has 0 aliphatic carbocycles. The first kappa shape index (κ1) is 18.7. The molecule has 3 saturated heterocycles. The summed E-state index contributed by atoms with van der Waals surface area (Å²) in [5, 5.41) is 6.77. The van der Waals surface area contributed by atoms with Crippen LogP contribution in [0.15, 0.2) is 29.4 Å². The minimum atomic E-state index is 0. The third-order valence-corrected chi connectivity index (χ3v) is 5.43. The molecule has 1 aromatic heterocycles. The zero-order chi connectivity index (χ0) is 16.4. The van der Waals surface area contributed by atoms with Crippen molar-refractivity contribution in [3.8, 4) is 0 Å². The van der Waals surface area contributed by atoms with Crippen LogP contribution in [0.4, 0.5) is 5.82 Å². The highest BCUT2D eigenvalue weighted by Crippen LogP contribution is 2.47. The fraction of sp³-hybridized carbons (Fsp3) is 0.667. The van der Waals surface area contributed by atoms with Gasteiger partial charge >= 0.3 is 0 Å². The molecule has 0 saturated carbocycles. The van der Waals surface area contributed by atoms with Crippen LogP contribution in [0, 0.1) is 11.8 Å². The van der Waals surface area contributed by atoms with Crippen molar-refractivity contribution in [1.82, 2.24) is 15.2 Å². The van der Waals surface area contributed by atoms with Gasteiger partial charge in [0.1, 0.15) is 5.82 Å². The molecule has 0 spiro atoms. The maximum absolute atomic E-state index is 6.07. The Morgan fingerprint density at radius 2 is 2.04 bits per heavy atom. The SMILES string of the molecule is CCNC(=NCCNc1ccccn1)N1CC2C3CCC(O3)C2C1.I. The van der Waals surface area contributed by atoms with Gasteiger partial charge in [-0.3, -0.25) is 4.99 Å². The third kappa shape index (κ3) is 4.02. The van der Waals surface area contributed by atoms with Crippen LogP contribution < -0.4 is 10.6 Å². The molecule has 0 radical (unpaired) electrons. The lowest BCUT2D eigenvalue weighted by molar-refractivity contribution is 0.0767. The highest BCUT2D eigenvalue weighted by Gasteiger charge is 2.53. The van der Waals surface area contributed by atoms with Crippen molar-refractivity contribution in [2.24, 2.45) is 16.8 Å². The van der Waals surface area contributed by atoms with Gasteiger partial charge in [0, 0.05) is 44.2 Å². The number of anilines is 1. The van der Waals surface area contributed by atoms with Gasteiger partial charge in [-0.2, -0.15) is 0 Å². The van der Waals surface area contributed by atoms with Crippen LogP contribution in [0.2, 0.25) is 0 Å². The van der Waals surface area contributed by atoms with Crippen LogP contribution in [0.25, 0.3) is 0 Å². The zero-order valence-corrected chi connectivity index (χ0v) is 17.1. The topological polar surface area (TPSA) is 61.8 Å². The number of guanidine groups is 1. The van der Waals surface area contributed by atoms with E-state index in [0.717, 1.165) is 44.5 Å². The highest BCUT2D eigenvalue weighted by molar-refractivity contribution is 14.0. The van der Waals surface area contributed by atoms with E-state index in [0.29, 0.717) is 24.0 Å². The van der Waals surface area contributed by atoms with Crippen molar-refractivity contribution in [2.75, 3.05) is 38.0 Å². The second kappa shape index (κ2) is 8.53. The predicted molar refractivity (Wildman–Crippen MR) is 111 cm³/mol. The quantitative estimate of drug-likeness (QED) is 0.307. The number of rotatable bonds is 5. The summed E-state index contributed by atoms with van der Waals surface area (Å²) in [6, 6.07) is 5.89. The van der Waals surface area contributed by atoms with Crippen molar-refractivity contribution in [2.45, 2.75) is 32.0 Å². The summed E-state index contributed by atoms with van der Waals surface area (Å²) in [4.78, 5) is 11.5. The Bertz CT molecular complexity index is 566. The van der Waals surface area contributed by atoms with E-state index in [1.54, 1.807) is 6.20 Å². The molecule has 2 N–H and O–H groups in total. The molecule has 1 aromatic rings. The number of aromatic nitrogens is 1. The normalized spacial score (nSPS) is 30.1. The van der Waals surface area contributed by atoms with Crippen LogP contribution in [-0.4, -0.2) is 60.8 Å². The van der Waals surface area contributed by atoms with Crippen LogP contribution >= 0.6 is 24.0 Å². The van der Waals surface area contributed by atoms with Crippen LogP contribution in [0.1, 0.15) is 19.8 Å². The highest BCUT2D eigenvalue weighted by atomic mass is 127. The molecule has 3 aliphatic heterocycles. The lowest BCUT2D eigenvalue weighted by Crippen LogP contribution is -2.41. The Morgan fingerprint density at radius 1 is 1.28 bits per heavy atom. The van der Waals surface area contributed by atoms with E-state index in [4.69, 9.17) is 9.73 Å². The largest absolute Gasteiger partial charge is 0.374 e. The minimum Gasteiger partial charge on any atom is -0.374 e. The van der Waals surface area contributed by atoms with Gasteiger partial charge in [-0.05, 0) is 31.9 Å². The first-order valence-corrected chi connectivity index (χ1v) is 9.18. The first-order valence-electron chi connectivity index (χ1n) is 9.18. The summed E-state index contributed by atoms with van der Waals surface area (Å²) in [7, 11) is 0. The van der Waals surface area contributed by atoms with Crippen molar-refractivity contribution < 1.29 is 4.74 Å². The van der Waals surface area contributed by atoms with Gasteiger partial charge in [-0.15, -0.1) is 24.0 Å². The van der Waals surface area contributed by atoms with Gasteiger partial charge in [0.05, 0.1) is 18.8 Å². The number of aliphatic imine (C=N–C) groups is 1. The maximum Gasteiger partial charge on any atom is 0.193 e. The number of hydrogen-bond donors (Lipinski definition) is 2. The minimum absolute atomic E-state index is 0. The van der Waals surface area contributed by atoms with Crippen molar-refractivity contribution in [3.05, 3.63) is 24.4 Å². The second-order valence-electron chi connectivity index (χ2n) is 6.90. The summed E-state index contributed by atoms with van der Waals surface area (Å²) in [6.45, 7) is 6.75. The fourth-order valence-electron chi connectivity index (χ4n) is 4.37. The first-order chi connectivity index (χ1) is 11.8. The number of ether oxygens (including phenoxy) is 1. The molecule has 4 rings (SSSR count). The van der Waals surface area contributed by atoms with Gasteiger partial charge in [-0.1, -0.05) is 6.07 Å². The molecule has 138 valence electrons. The van der Waals surface area contributed by atoms with E-state index in [-0.39, 0.29) is 24.0 Å². The molecule has 7 heteroatoms. The lowest BCUT2D eigenvalue weighted by Gasteiger charge is -2.23. The van der Waals surface area contributed by atoms with E-state index >= 15 is 0 Å². The van der Waals surface area contributed by atoms with Crippen molar-refractivity contribution >= 4 is 35.8 Å². The third-order valence-electron chi connectivity index (χ3n) is 5.43. The number of nitrogens with zero attached hydrogens (tertiary/aromatic N) is 3. The summed E-state index contributed by atoms with van der Waals surface area (Å²) < 4.78 is 6.07. The summed E-state index contributed by atoms with van der Waals surface area (Å²) in [5.41, 5.74) is 0. The smallest absolute Gasteiger partial charge is 0.193 e. The monoisotopic (exact) mass is 457 g/mol. The van der Waals surface area contributed by atoms with Crippen LogP contribution in [-0.2, 0) is 4.74 Å². The number of likely N-dealkylation sites (tertiary alicyclic amines) is 1. The molecule has 6 nitrogen and oxygen atoms in total.